The van der Waals surface area contributed by atoms with E-state index in [1.165, 1.54) is 11.6 Å². The molecule has 0 aliphatic carbocycles. The van der Waals surface area contributed by atoms with Crippen molar-refractivity contribution in [2.24, 2.45) is 5.73 Å². The van der Waals surface area contributed by atoms with Crippen LogP contribution < -0.4 is 5.73 Å². The van der Waals surface area contributed by atoms with Gasteiger partial charge in [-0.1, -0.05) is 54.6 Å². The van der Waals surface area contributed by atoms with E-state index >= 15 is 0 Å². The molecule has 29 heavy (non-hydrogen) atoms. The summed E-state index contributed by atoms with van der Waals surface area (Å²) in [6, 6.07) is 11.5. The quantitative estimate of drug-likeness (QED) is 0.516. The third-order valence-electron chi connectivity index (χ3n) is 4.89. The Morgan fingerprint density at radius 1 is 1.21 bits per heavy atom. The summed E-state index contributed by atoms with van der Waals surface area (Å²) in [5, 5.41) is 0.481. The van der Waals surface area contributed by atoms with Crippen molar-refractivity contribution >= 4 is 17.2 Å². The van der Waals surface area contributed by atoms with Crippen LogP contribution in [-0.2, 0) is 13.0 Å². The SMILES string of the molecule is C=C(N)/C(=C\C(=C/C)c1ccccc1CN(C)C)CCc1c(F)ccc(C)c1Cl. The highest BCUT2D eigenvalue weighted by molar-refractivity contribution is 6.32. The average molecular weight is 413 g/mol. The van der Waals surface area contributed by atoms with Gasteiger partial charge in [0.15, 0.2) is 0 Å². The summed E-state index contributed by atoms with van der Waals surface area (Å²) in [6.07, 6.45) is 5.14. The summed E-state index contributed by atoms with van der Waals surface area (Å²) in [5.41, 5.74) is 12.3. The Kier molecular flexibility index (Phi) is 8.24. The van der Waals surface area contributed by atoms with E-state index in [0.717, 1.165) is 28.8 Å². The minimum absolute atomic E-state index is 0.287. The van der Waals surface area contributed by atoms with E-state index in [-0.39, 0.29) is 5.82 Å². The largest absolute Gasteiger partial charge is 0.399 e. The van der Waals surface area contributed by atoms with Crippen LogP contribution in [0.5, 0.6) is 0 Å². The van der Waals surface area contributed by atoms with Gasteiger partial charge in [-0.3, -0.25) is 0 Å². The number of halogens is 2. The molecule has 2 rings (SSSR count). The highest BCUT2D eigenvalue weighted by Gasteiger charge is 2.13. The van der Waals surface area contributed by atoms with E-state index in [0.29, 0.717) is 29.1 Å². The Hall–Kier alpha value is -2.36. The van der Waals surface area contributed by atoms with Crippen molar-refractivity contribution in [3.63, 3.8) is 0 Å². The number of aryl methyl sites for hydroxylation is 1. The summed E-state index contributed by atoms with van der Waals surface area (Å²) in [4.78, 5) is 2.14. The molecule has 0 unspecified atom stereocenters. The molecule has 0 bridgehead atoms. The molecule has 2 nitrogen and oxygen atoms in total. The average Bonchev–Trinajstić information content (AvgIpc) is 2.67. The lowest BCUT2D eigenvalue weighted by Gasteiger charge is -2.16. The molecule has 0 radical (unpaired) electrons. The predicted molar refractivity (Wildman–Crippen MR) is 123 cm³/mol. The zero-order valence-corrected chi connectivity index (χ0v) is 18.5. The number of benzene rings is 2. The van der Waals surface area contributed by atoms with Gasteiger partial charge in [0.1, 0.15) is 5.82 Å². The third-order valence-corrected chi connectivity index (χ3v) is 5.42. The molecule has 0 heterocycles. The lowest BCUT2D eigenvalue weighted by molar-refractivity contribution is 0.402. The molecular formula is C25H30ClFN2. The number of rotatable bonds is 8. The van der Waals surface area contributed by atoms with Crippen LogP contribution in [0.1, 0.15) is 35.6 Å². The standard InChI is InChI=1S/C25H30ClFN2/c1-6-19(22-10-8-7-9-21(22)16-29(4)5)15-20(18(3)28)12-13-23-24(27)14-11-17(2)25(23)26/h6-11,14-15H,3,12-13,16,28H2,1-2,4-5H3/b19-6+,20-15-. The molecule has 0 saturated carbocycles. The van der Waals surface area contributed by atoms with Crippen molar-refractivity contribution in [1.82, 2.24) is 4.90 Å². The van der Waals surface area contributed by atoms with Crippen LogP contribution in [0.25, 0.3) is 5.57 Å². The molecule has 0 aliphatic heterocycles. The van der Waals surface area contributed by atoms with E-state index in [2.05, 4.69) is 49.9 Å². The van der Waals surface area contributed by atoms with Crippen LogP contribution in [0.3, 0.4) is 0 Å². The smallest absolute Gasteiger partial charge is 0.127 e. The van der Waals surface area contributed by atoms with Gasteiger partial charge in [0.2, 0.25) is 0 Å². The van der Waals surface area contributed by atoms with Crippen LogP contribution >= 0.6 is 11.6 Å². The molecule has 0 atom stereocenters. The summed E-state index contributed by atoms with van der Waals surface area (Å²) < 4.78 is 14.3. The van der Waals surface area contributed by atoms with Crippen molar-refractivity contribution in [3.05, 3.63) is 99.5 Å². The zero-order valence-electron chi connectivity index (χ0n) is 17.7. The van der Waals surface area contributed by atoms with Gasteiger partial charge in [0.25, 0.3) is 0 Å². The number of allylic oxidation sites excluding steroid dienone is 4. The lowest BCUT2D eigenvalue weighted by Crippen LogP contribution is -2.12. The van der Waals surface area contributed by atoms with E-state index in [9.17, 15) is 4.39 Å². The highest BCUT2D eigenvalue weighted by Crippen LogP contribution is 2.28. The van der Waals surface area contributed by atoms with Gasteiger partial charge in [-0.15, -0.1) is 0 Å². The molecule has 0 saturated heterocycles. The molecule has 4 heteroatoms. The van der Waals surface area contributed by atoms with Crippen LogP contribution in [-0.4, -0.2) is 19.0 Å². The Morgan fingerprint density at radius 3 is 2.52 bits per heavy atom. The van der Waals surface area contributed by atoms with Gasteiger partial charge >= 0.3 is 0 Å². The van der Waals surface area contributed by atoms with Crippen molar-refractivity contribution in [2.45, 2.75) is 33.2 Å². The van der Waals surface area contributed by atoms with E-state index in [1.54, 1.807) is 6.07 Å². The topological polar surface area (TPSA) is 29.3 Å². The highest BCUT2D eigenvalue weighted by atomic mass is 35.5. The molecule has 154 valence electrons. The van der Waals surface area contributed by atoms with E-state index < -0.39 is 0 Å². The Morgan fingerprint density at radius 2 is 1.90 bits per heavy atom. The van der Waals surface area contributed by atoms with Crippen molar-refractivity contribution in [1.29, 1.82) is 0 Å². The number of nitrogens with two attached hydrogens (primary N) is 1. The van der Waals surface area contributed by atoms with Crippen molar-refractivity contribution in [3.8, 4) is 0 Å². The maximum absolute atomic E-state index is 14.3. The first-order chi connectivity index (χ1) is 13.7. The Balaban J connectivity index is 2.35. The Bertz CT molecular complexity index is 942. The maximum atomic E-state index is 14.3. The fourth-order valence-electron chi connectivity index (χ4n) is 3.31. The Labute approximate surface area is 179 Å². The normalized spacial score (nSPS) is 12.5. The van der Waals surface area contributed by atoms with Gasteiger partial charge in [0.05, 0.1) is 0 Å². The van der Waals surface area contributed by atoms with Gasteiger partial charge in [-0.25, -0.2) is 4.39 Å². The molecular weight excluding hydrogens is 383 g/mol. The summed E-state index contributed by atoms with van der Waals surface area (Å²) in [6.45, 7) is 8.65. The van der Waals surface area contributed by atoms with Gasteiger partial charge in [-0.2, -0.15) is 0 Å². The van der Waals surface area contributed by atoms with Crippen LogP contribution in [0.15, 0.2) is 66.4 Å². The second kappa shape index (κ2) is 10.4. The predicted octanol–water partition coefficient (Wildman–Crippen LogP) is 6.28. The van der Waals surface area contributed by atoms with E-state index in [1.807, 2.05) is 26.0 Å². The molecule has 2 N–H and O–H groups in total. The molecule has 0 spiro atoms. The molecule has 2 aromatic rings. The first-order valence-electron chi connectivity index (χ1n) is 9.72. The third kappa shape index (κ3) is 6.06. The second-order valence-electron chi connectivity index (χ2n) is 7.49. The molecule has 0 aliphatic rings. The number of nitrogens with zero attached hydrogens (tertiary/aromatic N) is 1. The number of hydrogen-bond acceptors (Lipinski definition) is 2. The van der Waals surface area contributed by atoms with Crippen LogP contribution in [0, 0.1) is 12.7 Å². The van der Waals surface area contributed by atoms with Gasteiger partial charge < -0.3 is 10.6 Å². The molecule has 0 aromatic heterocycles. The van der Waals surface area contributed by atoms with Crippen LogP contribution in [0.4, 0.5) is 4.39 Å². The van der Waals surface area contributed by atoms with Crippen molar-refractivity contribution in [2.75, 3.05) is 14.1 Å². The fourth-order valence-corrected chi connectivity index (χ4v) is 3.56. The summed E-state index contributed by atoms with van der Waals surface area (Å²) in [7, 11) is 4.10. The fraction of sp³-hybridized carbons (Fsp3) is 0.280. The summed E-state index contributed by atoms with van der Waals surface area (Å²) >= 11 is 6.33. The molecule has 0 fully saturated rings. The second-order valence-corrected chi connectivity index (χ2v) is 7.87. The maximum Gasteiger partial charge on any atom is 0.127 e. The first-order valence-corrected chi connectivity index (χ1v) is 10.1. The minimum Gasteiger partial charge on any atom is -0.399 e. The van der Waals surface area contributed by atoms with Gasteiger partial charge in [0, 0.05) is 22.8 Å². The zero-order chi connectivity index (χ0) is 21.6. The molecule has 2 aromatic carbocycles. The summed E-state index contributed by atoms with van der Waals surface area (Å²) in [5.74, 6) is -0.287. The van der Waals surface area contributed by atoms with Crippen LogP contribution in [0.2, 0.25) is 5.02 Å². The monoisotopic (exact) mass is 412 g/mol. The lowest BCUT2D eigenvalue weighted by atomic mass is 9.94. The number of hydrogen-bond donors (Lipinski definition) is 1. The first kappa shape index (κ1) is 22.9. The van der Waals surface area contributed by atoms with Gasteiger partial charge in [-0.05, 0) is 80.8 Å². The van der Waals surface area contributed by atoms with Crippen molar-refractivity contribution < 1.29 is 4.39 Å². The van der Waals surface area contributed by atoms with E-state index in [4.69, 9.17) is 17.3 Å². The molecule has 0 amide bonds. The minimum atomic E-state index is -0.287.